The lowest BCUT2D eigenvalue weighted by molar-refractivity contribution is 0.100. The first-order valence-corrected chi connectivity index (χ1v) is 14.4. The molecule has 0 saturated heterocycles. The van der Waals surface area contributed by atoms with E-state index in [0.717, 1.165) is 35.4 Å². The summed E-state index contributed by atoms with van der Waals surface area (Å²) in [5.74, 6) is 0.703. The smallest absolute Gasteiger partial charge is 0.258 e. The number of rotatable bonds is 18. The minimum absolute atomic E-state index is 0.371. The summed E-state index contributed by atoms with van der Waals surface area (Å²) in [5.41, 5.74) is 8.56. The molecule has 0 bridgehead atoms. The Morgan fingerprint density at radius 1 is 0.853 bits per heavy atom. The van der Waals surface area contributed by atoms with E-state index in [0.29, 0.717) is 4.88 Å². The molecule has 34 heavy (non-hydrogen) atoms. The van der Waals surface area contributed by atoms with Gasteiger partial charge in [-0.2, -0.15) is 0 Å². The molecule has 0 spiro atoms. The summed E-state index contributed by atoms with van der Waals surface area (Å²) in [5, 5.41) is 2.00. The largest absolute Gasteiger partial charge is 0.365 e. The normalized spacial score (nSPS) is 11.4. The van der Waals surface area contributed by atoms with Crippen LogP contribution < -0.4 is 5.73 Å². The minimum Gasteiger partial charge on any atom is -0.365 e. The number of nitrogens with two attached hydrogens (primary N) is 1. The second-order valence-corrected chi connectivity index (χ2v) is 10.5. The highest BCUT2D eigenvalue weighted by Gasteiger charge is 2.14. The summed E-state index contributed by atoms with van der Waals surface area (Å²) in [4.78, 5) is 17.1. The van der Waals surface area contributed by atoms with E-state index in [2.05, 4.69) is 23.6 Å². The first-order valence-electron chi connectivity index (χ1n) is 13.6. The maximum absolute atomic E-state index is 11.6. The van der Waals surface area contributed by atoms with Gasteiger partial charge in [-0.3, -0.25) is 9.36 Å². The number of imidazole rings is 1. The van der Waals surface area contributed by atoms with Gasteiger partial charge in [0.05, 0.1) is 21.6 Å². The number of aromatic nitrogens is 2. The molecule has 0 aliphatic carbocycles. The molecule has 5 heteroatoms. The fraction of sp³-hybridized carbons (Fsp3) is 0.586. The number of unbranched alkanes of at least 4 members (excludes halogenated alkanes) is 14. The van der Waals surface area contributed by atoms with Crippen LogP contribution >= 0.6 is 11.3 Å². The number of primary amides is 1. The van der Waals surface area contributed by atoms with E-state index < -0.39 is 0 Å². The zero-order chi connectivity index (χ0) is 24.0. The standard InChI is InChI=1S/C29H43N3OS/c1-2-3-4-5-6-7-8-9-10-11-12-13-14-15-16-21-28-31-25-19-17-18-20-26(25)32(28)24-22-27(29(30)33)34-23-24/h17-20,22-23H,2-16,21H2,1H3,(H2,30,33). The molecule has 2 aromatic heterocycles. The van der Waals surface area contributed by atoms with Crippen molar-refractivity contribution < 1.29 is 4.79 Å². The number of amides is 1. The van der Waals surface area contributed by atoms with Crippen molar-refractivity contribution in [2.75, 3.05) is 0 Å². The summed E-state index contributed by atoms with van der Waals surface area (Å²) >= 11 is 1.40. The molecule has 3 aromatic rings. The molecule has 4 nitrogen and oxygen atoms in total. The summed E-state index contributed by atoms with van der Waals surface area (Å²) < 4.78 is 2.20. The topological polar surface area (TPSA) is 60.9 Å². The van der Waals surface area contributed by atoms with Gasteiger partial charge in [-0.1, -0.05) is 109 Å². The molecule has 1 amide bonds. The minimum atomic E-state index is -0.371. The van der Waals surface area contributed by atoms with Crippen molar-refractivity contribution >= 4 is 28.3 Å². The number of benzene rings is 1. The first-order chi connectivity index (χ1) is 16.7. The Morgan fingerprint density at radius 2 is 1.41 bits per heavy atom. The first kappa shape index (κ1) is 26.5. The van der Waals surface area contributed by atoms with E-state index in [1.807, 2.05) is 23.6 Å². The Labute approximate surface area is 210 Å². The van der Waals surface area contributed by atoms with E-state index >= 15 is 0 Å². The zero-order valence-corrected chi connectivity index (χ0v) is 21.9. The Kier molecular flexibility index (Phi) is 11.7. The number of aryl methyl sites for hydroxylation is 1. The highest BCUT2D eigenvalue weighted by atomic mass is 32.1. The van der Waals surface area contributed by atoms with Crippen molar-refractivity contribution in [3.63, 3.8) is 0 Å². The van der Waals surface area contributed by atoms with Gasteiger partial charge >= 0.3 is 0 Å². The number of carbonyl (C=O) groups excluding carboxylic acids is 1. The van der Waals surface area contributed by atoms with Crippen LogP contribution in [0.2, 0.25) is 0 Å². The van der Waals surface area contributed by atoms with Crippen LogP contribution in [-0.4, -0.2) is 15.5 Å². The molecule has 2 N–H and O–H groups in total. The Morgan fingerprint density at radius 3 is 1.97 bits per heavy atom. The van der Waals surface area contributed by atoms with Crippen LogP contribution in [0.15, 0.2) is 35.7 Å². The van der Waals surface area contributed by atoms with Gasteiger partial charge in [0.15, 0.2) is 0 Å². The summed E-state index contributed by atoms with van der Waals surface area (Å²) in [7, 11) is 0. The van der Waals surface area contributed by atoms with Crippen LogP contribution in [0.4, 0.5) is 0 Å². The second-order valence-electron chi connectivity index (χ2n) is 9.59. The summed E-state index contributed by atoms with van der Waals surface area (Å²) in [6.45, 7) is 2.28. The van der Waals surface area contributed by atoms with Crippen molar-refractivity contribution in [3.05, 3.63) is 46.4 Å². The van der Waals surface area contributed by atoms with Crippen molar-refractivity contribution in [3.8, 4) is 5.69 Å². The Balaban J connectivity index is 1.34. The molecule has 3 rings (SSSR count). The third kappa shape index (κ3) is 8.26. The maximum atomic E-state index is 11.6. The number of hydrogen-bond acceptors (Lipinski definition) is 3. The number of hydrogen-bond donors (Lipinski definition) is 1. The van der Waals surface area contributed by atoms with Gasteiger partial charge in [-0.25, -0.2) is 4.98 Å². The molecule has 2 heterocycles. The third-order valence-corrected chi connectivity index (χ3v) is 7.65. The van der Waals surface area contributed by atoms with Crippen molar-refractivity contribution in [2.45, 2.75) is 110 Å². The predicted molar refractivity (Wildman–Crippen MR) is 146 cm³/mol. The molecule has 0 aliphatic heterocycles. The quantitative estimate of drug-likeness (QED) is 0.185. The highest BCUT2D eigenvalue weighted by molar-refractivity contribution is 7.12. The number of fused-ring (bicyclic) bond motifs is 1. The average molecular weight is 482 g/mol. The summed E-state index contributed by atoms with van der Waals surface area (Å²) in [6, 6.07) is 10.1. The zero-order valence-electron chi connectivity index (χ0n) is 21.1. The van der Waals surface area contributed by atoms with Crippen LogP contribution in [-0.2, 0) is 6.42 Å². The number of para-hydroxylation sites is 2. The molecule has 186 valence electrons. The van der Waals surface area contributed by atoms with Gasteiger partial charge in [0.1, 0.15) is 5.82 Å². The van der Waals surface area contributed by atoms with Crippen LogP contribution in [0.1, 0.15) is 119 Å². The van der Waals surface area contributed by atoms with Crippen LogP contribution in [0.5, 0.6) is 0 Å². The van der Waals surface area contributed by atoms with Crippen LogP contribution in [0.3, 0.4) is 0 Å². The van der Waals surface area contributed by atoms with Gasteiger partial charge in [0.2, 0.25) is 0 Å². The van der Waals surface area contributed by atoms with E-state index in [1.165, 1.54) is 101 Å². The molecule has 0 aliphatic rings. The van der Waals surface area contributed by atoms with Crippen LogP contribution in [0.25, 0.3) is 16.7 Å². The fourth-order valence-corrected chi connectivity index (χ4v) is 5.48. The molecular weight excluding hydrogens is 438 g/mol. The molecule has 0 radical (unpaired) electrons. The van der Waals surface area contributed by atoms with Gasteiger partial charge in [0, 0.05) is 11.8 Å². The van der Waals surface area contributed by atoms with Crippen LogP contribution in [0, 0.1) is 0 Å². The van der Waals surface area contributed by atoms with Gasteiger partial charge in [-0.15, -0.1) is 11.3 Å². The molecule has 0 unspecified atom stereocenters. The SMILES string of the molecule is CCCCCCCCCCCCCCCCCc1nc2ccccc2n1-c1csc(C(N)=O)c1. The maximum Gasteiger partial charge on any atom is 0.258 e. The molecule has 0 fully saturated rings. The van der Waals surface area contributed by atoms with Gasteiger partial charge in [0.25, 0.3) is 5.91 Å². The Hall–Kier alpha value is -2.14. The lowest BCUT2D eigenvalue weighted by atomic mass is 10.0. The second kappa shape index (κ2) is 15.0. The van der Waals surface area contributed by atoms with Gasteiger partial charge in [-0.05, 0) is 24.6 Å². The van der Waals surface area contributed by atoms with E-state index in [-0.39, 0.29) is 5.91 Å². The van der Waals surface area contributed by atoms with Crippen molar-refractivity contribution in [1.29, 1.82) is 0 Å². The lowest BCUT2D eigenvalue weighted by Gasteiger charge is -2.07. The predicted octanol–water partition coefficient (Wildman–Crippen LogP) is 8.60. The Bertz CT molecular complexity index is 990. The average Bonchev–Trinajstić information content (AvgIpc) is 3.46. The monoisotopic (exact) mass is 481 g/mol. The van der Waals surface area contributed by atoms with E-state index in [4.69, 9.17) is 10.7 Å². The number of carbonyl (C=O) groups is 1. The molecular formula is C29H43N3OS. The van der Waals surface area contributed by atoms with E-state index in [1.54, 1.807) is 0 Å². The number of nitrogens with zero attached hydrogens (tertiary/aromatic N) is 2. The molecule has 1 aromatic carbocycles. The van der Waals surface area contributed by atoms with Crippen molar-refractivity contribution in [2.24, 2.45) is 5.73 Å². The lowest BCUT2D eigenvalue weighted by Crippen LogP contribution is -2.08. The fourth-order valence-electron chi connectivity index (χ4n) is 4.76. The van der Waals surface area contributed by atoms with Gasteiger partial charge < -0.3 is 5.73 Å². The summed E-state index contributed by atoms with van der Waals surface area (Å²) in [6.07, 6.45) is 21.5. The van der Waals surface area contributed by atoms with Crippen molar-refractivity contribution in [1.82, 2.24) is 9.55 Å². The molecule has 0 atom stereocenters. The molecule has 0 saturated carbocycles. The third-order valence-electron chi connectivity index (χ3n) is 6.72. The van der Waals surface area contributed by atoms with E-state index in [9.17, 15) is 4.79 Å². The highest BCUT2D eigenvalue weighted by Crippen LogP contribution is 2.26. The number of thiophene rings is 1.